The van der Waals surface area contributed by atoms with Crippen molar-refractivity contribution in [3.05, 3.63) is 96.1 Å². The summed E-state index contributed by atoms with van der Waals surface area (Å²) in [6.45, 7) is 1.86. The molecule has 3 aromatic carbocycles. The second-order valence-corrected chi connectivity index (χ2v) is 7.30. The molecule has 1 heterocycles. The molecule has 1 N–H and O–H groups in total. The molecule has 0 aliphatic rings. The van der Waals surface area contributed by atoms with Crippen LogP contribution in [0.3, 0.4) is 0 Å². The lowest BCUT2D eigenvalue weighted by Gasteiger charge is -2.13. The highest BCUT2D eigenvalue weighted by atomic mass is 19.1. The summed E-state index contributed by atoms with van der Waals surface area (Å²) in [6, 6.07) is 23.9. The number of halogens is 1. The van der Waals surface area contributed by atoms with Gasteiger partial charge in [0.1, 0.15) is 5.82 Å². The van der Waals surface area contributed by atoms with Gasteiger partial charge in [-0.3, -0.25) is 4.79 Å². The first kappa shape index (κ1) is 20.5. The quantitative estimate of drug-likeness (QED) is 0.442. The summed E-state index contributed by atoms with van der Waals surface area (Å²) in [4.78, 5) is 16.6. The zero-order valence-electron chi connectivity index (χ0n) is 17.1. The molecule has 4 rings (SSSR count). The maximum atomic E-state index is 13.0. The molecule has 0 aliphatic heterocycles. The normalized spacial score (nSPS) is 11.8. The fourth-order valence-corrected chi connectivity index (χ4v) is 3.28. The van der Waals surface area contributed by atoms with Crippen LogP contribution in [-0.4, -0.2) is 16.0 Å². The zero-order chi connectivity index (χ0) is 21.6. The Bertz CT molecular complexity index is 1140. The number of amides is 1. The van der Waals surface area contributed by atoms with E-state index in [0.29, 0.717) is 18.1 Å². The first-order chi connectivity index (χ1) is 15.1. The molecule has 0 bridgehead atoms. The molecule has 1 aromatic heterocycles. The summed E-state index contributed by atoms with van der Waals surface area (Å²) in [5.41, 5.74) is 3.95. The minimum atomic E-state index is -0.302. The van der Waals surface area contributed by atoms with Crippen molar-refractivity contribution in [2.24, 2.45) is 0 Å². The average Bonchev–Trinajstić information content (AvgIpc) is 3.28. The lowest BCUT2D eigenvalue weighted by Crippen LogP contribution is -2.26. The maximum absolute atomic E-state index is 13.0. The van der Waals surface area contributed by atoms with Gasteiger partial charge in [0, 0.05) is 18.4 Å². The molecule has 6 heteroatoms. The molecule has 1 amide bonds. The number of carbonyl (C=O) groups excluding carboxylic acids is 1. The Kier molecular flexibility index (Phi) is 6.17. The highest BCUT2D eigenvalue weighted by molar-refractivity contribution is 5.76. The largest absolute Gasteiger partial charge is 0.350 e. The van der Waals surface area contributed by atoms with Crippen LogP contribution >= 0.6 is 0 Å². The van der Waals surface area contributed by atoms with Gasteiger partial charge in [0.25, 0.3) is 0 Å². The molecule has 0 aliphatic carbocycles. The number of nitrogens with zero attached hydrogens (tertiary/aromatic N) is 2. The van der Waals surface area contributed by atoms with Crippen molar-refractivity contribution in [1.82, 2.24) is 15.5 Å². The Balaban J connectivity index is 1.32. The van der Waals surface area contributed by atoms with Crippen LogP contribution < -0.4 is 5.32 Å². The van der Waals surface area contributed by atoms with E-state index < -0.39 is 0 Å². The van der Waals surface area contributed by atoms with E-state index >= 15 is 0 Å². The van der Waals surface area contributed by atoms with Gasteiger partial charge in [-0.05, 0) is 35.7 Å². The second-order valence-electron chi connectivity index (χ2n) is 7.30. The Labute approximate surface area is 179 Å². The van der Waals surface area contributed by atoms with Gasteiger partial charge in [-0.25, -0.2) is 4.39 Å². The van der Waals surface area contributed by atoms with E-state index in [4.69, 9.17) is 4.52 Å². The molecular weight excluding hydrogens is 393 g/mol. The van der Waals surface area contributed by atoms with Gasteiger partial charge in [-0.15, -0.1) is 0 Å². The molecule has 0 saturated heterocycles. The summed E-state index contributed by atoms with van der Waals surface area (Å²) in [7, 11) is 0. The Morgan fingerprint density at radius 3 is 2.29 bits per heavy atom. The van der Waals surface area contributed by atoms with Gasteiger partial charge in [0.05, 0.1) is 6.04 Å². The van der Waals surface area contributed by atoms with Crippen LogP contribution in [0.15, 0.2) is 83.4 Å². The van der Waals surface area contributed by atoms with Gasteiger partial charge >= 0.3 is 0 Å². The number of nitrogens with one attached hydrogen (secondary N) is 1. The fourth-order valence-electron chi connectivity index (χ4n) is 3.28. The summed E-state index contributed by atoms with van der Waals surface area (Å²) in [5.74, 6) is 0.467. The van der Waals surface area contributed by atoms with Crippen LogP contribution in [0.4, 0.5) is 4.39 Å². The Morgan fingerprint density at radius 1 is 0.935 bits per heavy atom. The third-order valence-electron chi connectivity index (χ3n) is 5.03. The average molecular weight is 415 g/mol. The molecule has 31 heavy (non-hydrogen) atoms. The third-order valence-corrected chi connectivity index (χ3v) is 5.03. The van der Waals surface area contributed by atoms with Crippen molar-refractivity contribution in [2.75, 3.05) is 0 Å². The number of aryl methyl sites for hydroxylation is 1. The van der Waals surface area contributed by atoms with E-state index in [2.05, 4.69) is 27.6 Å². The standard InChI is InChI=1S/C25H22FN3O2/c1-17(18-11-13-22(26)14-12-18)27-23(30)15-16-24-28-25(29-31-24)21-9-7-20(8-10-21)19-5-3-2-4-6-19/h2-14,17H,15-16H2,1H3,(H,27,30). The Morgan fingerprint density at radius 2 is 1.58 bits per heavy atom. The van der Waals surface area contributed by atoms with Crippen molar-refractivity contribution in [2.45, 2.75) is 25.8 Å². The third kappa shape index (κ3) is 5.22. The molecule has 1 unspecified atom stereocenters. The smallest absolute Gasteiger partial charge is 0.227 e. The predicted molar refractivity (Wildman–Crippen MR) is 116 cm³/mol. The van der Waals surface area contributed by atoms with Gasteiger partial charge in [0.15, 0.2) is 0 Å². The van der Waals surface area contributed by atoms with Crippen molar-refractivity contribution in [1.29, 1.82) is 0 Å². The molecular formula is C25H22FN3O2. The van der Waals surface area contributed by atoms with Crippen LogP contribution in [-0.2, 0) is 11.2 Å². The van der Waals surface area contributed by atoms with Gasteiger partial charge in [-0.1, -0.05) is 71.9 Å². The number of aromatic nitrogens is 2. The SMILES string of the molecule is CC(NC(=O)CCc1nc(-c2ccc(-c3ccccc3)cc2)no1)c1ccc(F)cc1. The lowest BCUT2D eigenvalue weighted by molar-refractivity contribution is -0.121. The summed E-state index contributed by atoms with van der Waals surface area (Å²) in [6.07, 6.45) is 0.567. The second kappa shape index (κ2) is 9.34. The topological polar surface area (TPSA) is 68.0 Å². The number of hydrogen-bond donors (Lipinski definition) is 1. The van der Waals surface area contributed by atoms with Gasteiger partial charge < -0.3 is 9.84 Å². The van der Waals surface area contributed by atoms with Crippen LogP contribution in [0, 0.1) is 5.82 Å². The van der Waals surface area contributed by atoms with E-state index in [1.807, 2.05) is 49.4 Å². The minimum absolute atomic E-state index is 0.135. The van der Waals surface area contributed by atoms with Crippen LogP contribution in [0.25, 0.3) is 22.5 Å². The molecule has 4 aromatic rings. The van der Waals surface area contributed by atoms with E-state index in [-0.39, 0.29) is 24.2 Å². The van der Waals surface area contributed by atoms with Crippen molar-refractivity contribution in [3.8, 4) is 22.5 Å². The lowest BCUT2D eigenvalue weighted by atomic mass is 10.0. The van der Waals surface area contributed by atoms with Crippen molar-refractivity contribution < 1.29 is 13.7 Å². The minimum Gasteiger partial charge on any atom is -0.350 e. The molecule has 1 atom stereocenters. The fraction of sp³-hybridized carbons (Fsp3) is 0.160. The highest BCUT2D eigenvalue weighted by Crippen LogP contribution is 2.23. The van der Waals surface area contributed by atoms with Gasteiger partial charge in [0.2, 0.25) is 17.6 Å². The molecule has 0 radical (unpaired) electrons. The number of benzene rings is 3. The van der Waals surface area contributed by atoms with E-state index in [1.54, 1.807) is 12.1 Å². The monoisotopic (exact) mass is 415 g/mol. The van der Waals surface area contributed by atoms with E-state index in [9.17, 15) is 9.18 Å². The van der Waals surface area contributed by atoms with Crippen molar-refractivity contribution in [3.63, 3.8) is 0 Å². The summed E-state index contributed by atoms with van der Waals surface area (Å²) < 4.78 is 18.3. The maximum Gasteiger partial charge on any atom is 0.227 e. The predicted octanol–water partition coefficient (Wildman–Crippen LogP) is 5.35. The number of carbonyl (C=O) groups is 1. The van der Waals surface area contributed by atoms with E-state index in [1.165, 1.54) is 12.1 Å². The van der Waals surface area contributed by atoms with Crippen molar-refractivity contribution >= 4 is 5.91 Å². The highest BCUT2D eigenvalue weighted by Gasteiger charge is 2.13. The van der Waals surface area contributed by atoms with Crippen LogP contribution in [0.1, 0.15) is 30.8 Å². The molecule has 0 spiro atoms. The molecule has 0 saturated carbocycles. The molecule has 156 valence electrons. The zero-order valence-corrected chi connectivity index (χ0v) is 17.1. The number of hydrogen-bond acceptors (Lipinski definition) is 4. The van der Waals surface area contributed by atoms with E-state index in [0.717, 1.165) is 22.3 Å². The summed E-state index contributed by atoms with van der Waals surface area (Å²) in [5, 5.41) is 6.93. The summed E-state index contributed by atoms with van der Waals surface area (Å²) >= 11 is 0. The first-order valence-corrected chi connectivity index (χ1v) is 10.1. The van der Waals surface area contributed by atoms with Gasteiger partial charge in [-0.2, -0.15) is 4.98 Å². The van der Waals surface area contributed by atoms with Crippen LogP contribution in [0.2, 0.25) is 0 Å². The number of rotatable bonds is 7. The molecule has 0 fully saturated rings. The molecule has 5 nitrogen and oxygen atoms in total. The first-order valence-electron chi connectivity index (χ1n) is 10.1. The van der Waals surface area contributed by atoms with Crippen LogP contribution in [0.5, 0.6) is 0 Å². The Hall–Kier alpha value is -3.80.